The van der Waals surface area contributed by atoms with Gasteiger partial charge in [0, 0.05) is 32.6 Å². The molecule has 2 N–H and O–H groups in total. The predicted molar refractivity (Wildman–Crippen MR) is 111 cm³/mol. The number of hydrogen-bond donors (Lipinski definition) is 2. The fourth-order valence-electron chi connectivity index (χ4n) is 5.01. The minimum absolute atomic E-state index is 0.0988. The van der Waals surface area contributed by atoms with E-state index in [1.807, 2.05) is 6.07 Å². The summed E-state index contributed by atoms with van der Waals surface area (Å²) in [5, 5.41) is 5.75. The maximum Gasteiger partial charge on any atom is 0.262 e. The third-order valence-corrected chi connectivity index (χ3v) is 6.53. The predicted octanol–water partition coefficient (Wildman–Crippen LogP) is -0.721. The lowest BCUT2D eigenvalue weighted by molar-refractivity contribution is -0.136. The third-order valence-electron chi connectivity index (χ3n) is 6.53. The first kappa shape index (κ1) is 21.2. The van der Waals surface area contributed by atoms with Crippen LogP contribution >= 0.6 is 0 Å². The Hall–Kier alpha value is -2.66. The summed E-state index contributed by atoms with van der Waals surface area (Å²) in [6.45, 7) is 4.94. The summed E-state index contributed by atoms with van der Waals surface area (Å²) in [5.74, 6) is -1.96. The van der Waals surface area contributed by atoms with Gasteiger partial charge in [-0.25, -0.2) is 0 Å². The van der Waals surface area contributed by atoms with E-state index in [-0.39, 0.29) is 24.3 Å². The third kappa shape index (κ3) is 3.73. The molecule has 0 saturated carbocycles. The van der Waals surface area contributed by atoms with Crippen molar-refractivity contribution >= 4 is 23.6 Å². The first-order valence-corrected chi connectivity index (χ1v) is 10.9. The smallest absolute Gasteiger partial charge is 0.262 e. The molecule has 3 fully saturated rings. The van der Waals surface area contributed by atoms with Gasteiger partial charge in [0.05, 0.1) is 43.1 Å². The monoisotopic (exact) mass is 442 g/mol. The number of hydrogen-bond acceptors (Lipinski definition) is 8. The van der Waals surface area contributed by atoms with E-state index in [4.69, 9.17) is 9.47 Å². The molecule has 4 aliphatic rings. The van der Waals surface area contributed by atoms with Crippen molar-refractivity contribution in [3.63, 3.8) is 0 Å². The van der Waals surface area contributed by atoms with Crippen LogP contribution in [0, 0.1) is 0 Å². The van der Waals surface area contributed by atoms with Gasteiger partial charge in [0.25, 0.3) is 11.8 Å². The van der Waals surface area contributed by atoms with Gasteiger partial charge in [0.1, 0.15) is 6.04 Å². The zero-order valence-corrected chi connectivity index (χ0v) is 17.7. The molecule has 1 spiro atoms. The highest BCUT2D eigenvalue weighted by atomic mass is 16.5. The van der Waals surface area contributed by atoms with Gasteiger partial charge in [-0.05, 0) is 18.1 Å². The highest BCUT2D eigenvalue weighted by molar-refractivity contribution is 6.24. The minimum Gasteiger partial charge on any atom is -0.378 e. The quantitative estimate of drug-likeness (QED) is 0.589. The molecule has 1 aromatic rings. The summed E-state index contributed by atoms with van der Waals surface area (Å²) in [4.78, 5) is 53.4. The fourth-order valence-corrected chi connectivity index (χ4v) is 5.01. The number of imide groups is 2. The van der Waals surface area contributed by atoms with Crippen molar-refractivity contribution in [3.8, 4) is 0 Å². The van der Waals surface area contributed by atoms with Gasteiger partial charge in [0.2, 0.25) is 11.8 Å². The SMILES string of the molecule is O=C1CCC(N2C(=O)c3cccc(CN4CCOCC5(COCCN5)C4)c3C2=O)C(=O)N1. The maximum absolute atomic E-state index is 13.3. The number of rotatable bonds is 3. The molecule has 0 aromatic heterocycles. The van der Waals surface area contributed by atoms with Crippen LogP contribution in [-0.4, -0.2) is 91.1 Å². The van der Waals surface area contributed by atoms with E-state index in [0.717, 1.165) is 17.0 Å². The summed E-state index contributed by atoms with van der Waals surface area (Å²) in [7, 11) is 0. The molecule has 0 radical (unpaired) electrons. The van der Waals surface area contributed by atoms with Crippen LogP contribution in [0.15, 0.2) is 18.2 Å². The van der Waals surface area contributed by atoms with Gasteiger partial charge < -0.3 is 14.8 Å². The normalized spacial score (nSPS) is 29.2. The molecule has 1 aromatic carbocycles. The molecule has 4 amide bonds. The van der Waals surface area contributed by atoms with Gasteiger partial charge >= 0.3 is 0 Å². The molecule has 170 valence electrons. The van der Waals surface area contributed by atoms with Crippen molar-refractivity contribution in [2.75, 3.05) is 46.1 Å². The number of carbonyl (C=O) groups is 4. The number of piperidine rings is 1. The molecule has 3 saturated heterocycles. The molecule has 2 unspecified atom stereocenters. The number of benzene rings is 1. The lowest BCUT2D eigenvalue weighted by Crippen LogP contribution is -2.61. The Morgan fingerprint density at radius 2 is 1.88 bits per heavy atom. The van der Waals surface area contributed by atoms with E-state index < -0.39 is 23.8 Å². The number of morpholine rings is 1. The van der Waals surface area contributed by atoms with Crippen LogP contribution in [0.5, 0.6) is 0 Å². The second kappa shape index (κ2) is 8.36. The molecule has 10 heteroatoms. The van der Waals surface area contributed by atoms with Crippen molar-refractivity contribution in [1.29, 1.82) is 0 Å². The van der Waals surface area contributed by atoms with E-state index in [2.05, 4.69) is 15.5 Å². The van der Waals surface area contributed by atoms with Gasteiger partial charge in [0.15, 0.2) is 0 Å². The van der Waals surface area contributed by atoms with Crippen molar-refractivity contribution in [2.45, 2.75) is 31.0 Å². The van der Waals surface area contributed by atoms with Crippen molar-refractivity contribution in [2.24, 2.45) is 0 Å². The van der Waals surface area contributed by atoms with Crippen LogP contribution < -0.4 is 10.6 Å². The lowest BCUT2D eigenvalue weighted by atomic mass is 9.98. The fraction of sp³-hybridized carbons (Fsp3) is 0.545. The molecular weight excluding hydrogens is 416 g/mol. The zero-order valence-electron chi connectivity index (χ0n) is 17.7. The largest absolute Gasteiger partial charge is 0.378 e. The maximum atomic E-state index is 13.3. The molecule has 10 nitrogen and oxygen atoms in total. The van der Waals surface area contributed by atoms with Crippen LogP contribution in [0.1, 0.15) is 39.1 Å². The number of fused-ring (bicyclic) bond motifs is 1. The first-order valence-electron chi connectivity index (χ1n) is 10.9. The number of amides is 4. The van der Waals surface area contributed by atoms with Crippen LogP contribution in [0.3, 0.4) is 0 Å². The topological polar surface area (TPSA) is 117 Å². The Kier molecular flexibility index (Phi) is 5.54. The number of nitrogens with one attached hydrogen (secondary N) is 2. The van der Waals surface area contributed by atoms with Gasteiger partial charge in [-0.1, -0.05) is 12.1 Å². The van der Waals surface area contributed by atoms with Crippen molar-refractivity contribution < 1.29 is 28.7 Å². The standard InChI is InChI=1S/C22H26N4O6/c27-17-5-4-16(19(28)24-17)26-20(29)15-3-1-2-14(18(15)21(26)30)10-25-7-9-32-13-22(11-25)12-31-8-6-23-22/h1-3,16,23H,4-13H2,(H,24,27,28). The summed E-state index contributed by atoms with van der Waals surface area (Å²) in [6, 6.07) is 4.26. The molecule has 4 aliphatic heterocycles. The lowest BCUT2D eigenvalue weighted by Gasteiger charge is -2.39. The van der Waals surface area contributed by atoms with Crippen LogP contribution in [0.2, 0.25) is 0 Å². The van der Waals surface area contributed by atoms with Crippen molar-refractivity contribution in [3.05, 3.63) is 34.9 Å². The molecule has 2 atom stereocenters. The molecular formula is C22H26N4O6. The van der Waals surface area contributed by atoms with Crippen LogP contribution in [-0.2, 0) is 25.6 Å². The number of nitrogens with zero attached hydrogens (tertiary/aromatic N) is 2. The molecule has 0 aliphatic carbocycles. The Balaban J connectivity index is 1.39. The Labute approximate surface area is 185 Å². The van der Waals surface area contributed by atoms with Gasteiger partial charge in [-0.2, -0.15) is 0 Å². The highest BCUT2D eigenvalue weighted by Crippen LogP contribution is 2.31. The number of ether oxygens (including phenoxy) is 2. The molecule has 32 heavy (non-hydrogen) atoms. The Bertz CT molecular complexity index is 973. The first-order chi connectivity index (χ1) is 15.5. The zero-order chi connectivity index (χ0) is 22.3. The van der Waals surface area contributed by atoms with E-state index in [9.17, 15) is 19.2 Å². The molecule has 5 rings (SSSR count). The highest BCUT2D eigenvalue weighted by Gasteiger charge is 2.46. The average Bonchev–Trinajstić information content (AvgIpc) is 2.91. The van der Waals surface area contributed by atoms with Crippen molar-refractivity contribution in [1.82, 2.24) is 20.4 Å². The summed E-state index contributed by atoms with van der Waals surface area (Å²) >= 11 is 0. The number of carbonyl (C=O) groups excluding carboxylic acids is 4. The average molecular weight is 442 g/mol. The minimum atomic E-state index is -0.966. The van der Waals surface area contributed by atoms with E-state index >= 15 is 0 Å². The van der Waals surface area contributed by atoms with E-state index in [0.29, 0.717) is 57.2 Å². The van der Waals surface area contributed by atoms with Crippen LogP contribution in [0.25, 0.3) is 0 Å². The van der Waals surface area contributed by atoms with Gasteiger partial charge in [-0.3, -0.25) is 34.3 Å². The van der Waals surface area contributed by atoms with Gasteiger partial charge in [-0.15, -0.1) is 0 Å². The second-order valence-electron chi connectivity index (χ2n) is 8.81. The molecule has 4 heterocycles. The Morgan fingerprint density at radius 1 is 1.06 bits per heavy atom. The summed E-state index contributed by atoms with van der Waals surface area (Å²) < 4.78 is 11.5. The second-order valence-corrected chi connectivity index (χ2v) is 8.81. The Morgan fingerprint density at radius 3 is 2.66 bits per heavy atom. The van der Waals surface area contributed by atoms with Crippen LogP contribution in [0.4, 0.5) is 0 Å². The summed E-state index contributed by atoms with van der Waals surface area (Å²) in [5.41, 5.74) is 1.08. The molecule has 0 bridgehead atoms. The summed E-state index contributed by atoms with van der Waals surface area (Å²) in [6.07, 6.45) is 0.241. The van der Waals surface area contributed by atoms with E-state index in [1.165, 1.54) is 0 Å². The van der Waals surface area contributed by atoms with E-state index in [1.54, 1.807) is 12.1 Å².